The third-order valence-corrected chi connectivity index (χ3v) is 5.80. The molecule has 0 bridgehead atoms. The number of halogens is 1. The second kappa shape index (κ2) is 10.3. The van der Waals surface area contributed by atoms with Crippen LogP contribution in [0.15, 0.2) is 83.9 Å². The van der Waals surface area contributed by atoms with Gasteiger partial charge in [0, 0.05) is 9.57 Å². The summed E-state index contributed by atoms with van der Waals surface area (Å²) < 4.78 is 3.23. The van der Waals surface area contributed by atoms with E-state index >= 15 is 0 Å². The van der Waals surface area contributed by atoms with E-state index in [0.717, 1.165) is 10.1 Å². The average molecular weight is 567 g/mol. The van der Waals surface area contributed by atoms with Crippen molar-refractivity contribution in [2.24, 2.45) is 0 Å². The molecule has 0 unspecified atom stereocenters. The van der Waals surface area contributed by atoms with Crippen LogP contribution in [0.5, 0.6) is 0 Å². The normalized spacial score (nSPS) is 11.6. The van der Waals surface area contributed by atoms with Crippen LogP contribution >= 0.6 is 15.9 Å². The molecule has 0 amide bonds. The lowest BCUT2D eigenvalue weighted by Gasteiger charge is -2.18. The molecule has 0 N–H and O–H groups in total. The topological polar surface area (TPSA) is 174 Å². The molecule has 0 aliphatic heterocycles. The SMILES string of the molecule is O=[N+]([O-])c1cc([N+](=O)[O-])c(/C(=C(\[O-])c2ccc(Br)cc2)[n+]2cnn(Cc3ccccc3)c2)c([N+](=O)[O-])c1. The average Bonchev–Trinajstić information content (AvgIpc) is 3.32. The van der Waals surface area contributed by atoms with E-state index in [1.165, 1.54) is 29.5 Å². The van der Waals surface area contributed by atoms with E-state index in [0.29, 0.717) is 16.6 Å². The maximum Gasteiger partial charge on any atom is 0.294 e. The molecule has 1 heterocycles. The Labute approximate surface area is 216 Å². The fourth-order valence-corrected chi connectivity index (χ4v) is 3.89. The Hall–Kier alpha value is -4.98. The largest absolute Gasteiger partial charge is 0.870 e. The van der Waals surface area contributed by atoms with Crippen LogP contribution in [0, 0.1) is 30.3 Å². The van der Waals surface area contributed by atoms with Gasteiger partial charge in [0.25, 0.3) is 23.4 Å². The summed E-state index contributed by atoms with van der Waals surface area (Å²) in [7, 11) is 0. The smallest absolute Gasteiger partial charge is 0.294 e. The molecule has 37 heavy (non-hydrogen) atoms. The van der Waals surface area contributed by atoms with E-state index in [1.807, 2.05) is 30.3 Å². The summed E-state index contributed by atoms with van der Waals surface area (Å²) in [5, 5.41) is 53.1. The molecule has 0 aliphatic carbocycles. The molecule has 0 spiro atoms. The summed E-state index contributed by atoms with van der Waals surface area (Å²) in [4.78, 5) is 32.3. The van der Waals surface area contributed by atoms with E-state index in [4.69, 9.17) is 0 Å². The zero-order valence-corrected chi connectivity index (χ0v) is 20.2. The second-order valence-corrected chi connectivity index (χ2v) is 8.57. The molecule has 0 atom stereocenters. The molecule has 0 saturated carbocycles. The van der Waals surface area contributed by atoms with Crippen molar-refractivity contribution < 1.29 is 24.4 Å². The van der Waals surface area contributed by atoms with Crippen molar-refractivity contribution in [1.29, 1.82) is 0 Å². The van der Waals surface area contributed by atoms with Crippen molar-refractivity contribution in [3.63, 3.8) is 0 Å². The van der Waals surface area contributed by atoms with Gasteiger partial charge >= 0.3 is 0 Å². The number of aromatic nitrogens is 3. The summed E-state index contributed by atoms with van der Waals surface area (Å²) >= 11 is 3.26. The van der Waals surface area contributed by atoms with Crippen LogP contribution in [-0.2, 0) is 6.54 Å². The highest BCUT2D eigenvalue weighted by molar-refractivity contribution is 9.10. The van der Waals surface area contributed by atoms with Gasteiger partial charge in [-0.1, -0.05) is 64.2 Å². The van der Waals surface area contributed by atoms with Gasteiger partial charge in [-0.3, -0.25) is 30.3 Å². The van der Waals surface area contributed by atoms with Crippen molar-refractivity contribution in [3.05, 3.63) is 131 Å². The number of benzene rings is 3. The minimum atomic E-state index is -1.00. The summed E-state index contributed by atoms with van der Waals surface area (Å²) in [5.41, 5.74) is -3.00. The fraction of sp³-hybridized carbons (Fsp3) is 0.0435. The maximum absolute atomic E-state index is 13.7. The number of non-ortho nitro benzene ring substituents is 1. The molecule has 1 aromatic heterocycles. The second-order valence-electron chi connectivity index (χ2n) is 7.65. The van der Waals surface area contributed by atoms with Gasteiger partial charge in [-0.25, -0.2) is 4.57 Å². The molecule has 186 valence electrons. The first-order valence-electron chi connectivity index (χ1n) is 10.4. The van der Waals surface area contributed by atoms with Crippen LogP contribution in [0.3, 0.4) is 0 Å². The van der Waals surface area contributed by atoms with Crippen LogP contribution in [0.4, 0.5) is 17.1 Å². The van der Waals surface area contributed by atoms with Crippen molar-refractivity contribution in [3.8, 4) is 0 Å². The van der Waals surface area contributed by atoms with Gasteiger partial charge in [-0.15, -0.1) is 4.68 Å². The zero-order valence-electron chi connectivity index (χ0n) is 18.6. The Kier molecular flexibility index (Phi) is 7.01. The van der Waals surface area contributed by atoms with Gasteiger partial charge in [-0.05, 0) is 23.3 Å². The molecule has 13 nitrogen and oxygen atoms in total. The van der Waals surface area contributed by atoms with Crippen molar-refractivity contribution in [1.82, 2.24) is 9.78 Å². The molecule has 0 saturated heterocycles. The monoisotopic (exact) mass is 566 g/mol. The van der Waals surface area contributed by atoms with E-state index < -0.39 is 48.9 Å². The molecular formula is C23H15BrN6O7. The number of nitro groups is 3. The van der Waals surface area contributed by atoms with Crippen LogP contribution in [0.25, 0.3) is 11.5 Å². The molecule has 0 radical (unpaired) electrons. The lowest BCUT2D eigenvalue weighted by molar-refractivity contribution is -0.582. The lowest BCUT2D eigenvalue weighted by atomic mass is 10.0. The van der Waals surface area contributed by atoms with Crippen molar-refractivity contribution >= 4 is 44.4 Å². The number of hydrogen-bond donors (Lipinski definition) is 0. The van der Waals surface area contributed by atoms with E-state index in [2.05, 4.69) is 21.0 Å². The van der Waals surface area contributed by atoms with Gasteiger partial charge in [-0.2, -0.15) is 0 Å². The Morgan fingerprint density at radius 1 is 0.892 bits per heavy atom. The predicted molar refractivity (Wildman–Crippen MR) is 131 cm³/mol. The Balaban J connectivity index is 2.01. The minimum Gasteiger partial charge on any atom is -0.870 e. The predicted octanol–water partition coefficient (Wildman–Crippen LogP) is 3.44. The molecule has 4 rings (SSSR count). The standard InChI is InChI=1S/C23H15BrN6O7/c24-17-8-6-16(7-9-17)23(31)22(26-13-25-27(14-26)12-15-4-2-1-3-5-15)21-19(29(34)35)10-18(28(32)33)11-20(21)30(36)37/h1-11,13-14H,12H2/b23-22+. The highest BCUT2D eigenvalue weighted by Crippen LogP contribution is 2.39. The maximum atomic E-state index is 13.7. The Bertz CT molecular complexity index is 1520. The first-order chi connectivity index (χ1) is 17.7. The van der Waals surface area contributed by atoms with Crippen LogP contribution in [0.1, 0.15) is 16.7 Å². The molecule has 4 aromatic rings. The Morgan fingerprint density at radius 3 is 2.03 bits per heavy atom. The molecule has 0 aliphatic rings. The number of nitrogens with zero attached hydrogens (tertiary/aromatic N) is 6. The third-order valence-electron chi connectivity index (χ3n) is 5.27. The van der Waals surface area contributed by atoms with Crippen molar-refractivity contribution in [2.75, 3.05) is 0 Å². The van der Waals surface area contributed by atoms with Gasteiger partial charge in [0.1, 0.15) is 12.2 Å². The highest BCUT2D eigenvalue weighted by Gasteiger charge is 2.35. The number of rotatable bonds is 8. The van der Waals surface area contributed by atoms with E-state index in [1.54, 1.807) is 12.1 Å². The fourth-order valence-electron chi connectivity index (χ4n) is 3.62. The molecule has 0 fully saturated rings. The van der Waals surface area contributed by atoms with E-state index in [9.17, 15) is 35.4 Å². The summed E-state index contributed by atoms with van der Waals surface area (Å²) in [6.07, 6.45) is 2.54. The molecule has 14 heteroatoms. The molecular weight excluding hydrogens is 552 g/mol. The lowest BCUT2D eigenvalue weighted by Crippen LogP contribution is -2.34. The van der Waals surface area contributed by atoms with Crippen LogP contribution in [-0.4, -0.2) is 24.6 Å². The quantitative estimate of drug-likeness (QED) is 0.102. The zero-order chi connectivity index (χ0) is 26.7. The van der Waals surface area contributed by atoms with Gasteiger partial charge in [0.05, 0.1) is 26.9 Å². The number of hydrogen-bond acceptors (Lipinski definition) is 8. The summed E-state index contributed by atoms with van der Waals surface area (Å²) in [5.74, 6) is -0.795. The first-order valence-corrected chi connectivity index (χ1v) is 11.2. The van der Waals surface area contributed by atoms with Gasteiger partial charge in [0.15, 0.2) is 5.56 Å². The van der Waals surface area contributed by atoms with Gasteiger partial charge < -0.3 is 5.11 Å². The van der Waals surface area contributed by atoms with E-state index in [-0.39, 0.29) is 12.1 Å². The highest BCUT2D eigenvalue weighted by atomic mass is 79.9. The van der Waals surface area contributed by atoms with Crippen LogP contribution < -0.4 is 9.67 Å². The summed E-state index contributed by atoms with van der Waals surface area (Å²) in [6.45, 7) is 0.276. The first kappa shape index (κ1) is 25.1. The minimum absolute atomic E-state index is 0.0726. The third kappa shape index (κ3) is 5.33. The molecule has 3 aromatic carbocycles. The number of nitro benzene ring substituents is 3. The van der Waals surface area contributed by atoms with Gasteiger partial charge in [0.2, 0.25) is 6.33 Å². The summed E-state index contributed by atoms with van der Waals surface area (Å²) in [6, 6.07) is 16.3. The van der Waals surface area contributed by atoms with Crippen LogP contribution in [0.2, 0.25) is 0 Å². The van der Waals surface area contributed by atoms with Crippen molar-refractivity contribution in [2.45, 2.75) is 6.54 Å². The Morgan fingerprint density at radius 2 is 1.49 bits per heavy atom.